The van der Waals surface area contributed by atoms with Crippen molar-refractivity contribution in [2.24, 2.45) is 5.92 Å². The van der Waals surface area contributed by atoms with Crippen LogP contribution in [0.2, 0.25) is 0 Å². The Hall–Kier alpha value is -2.28. The van der Waals surface area contributed by atoms with Gasteiger partial charge in [0, 0.05) is 12.7 Å². The van der Waals surface area contributed by atoms with Gasteiger partial charge in [0.05, 0.1) is 13.1 Å². The highest BCUT2D eigenvalue weighted by Crippen LogP contribution is 2.13. The van der Waals surface area contributed by atoms with Crippen LogP contribution in [0, 0.1) is 5.92 Å². The van der Waals surface area contributed by atoms with Crippen LogP contribution in [-0.4, -0.2) is 44.2 Å². The van der Waals surface area contributed by atoms with Crippen molar-refractivity contribution in [2.45, 2.75) is 20.4 Å². The standard InChI is InChI=1S/C14H18N4O3/c1-10(2)7-18(9-13(19)20)8-12-16-14(17-21-12)11-5-3-4-6-15-11/h3-6,10H,7-9H2,1-2H3,(H,19,20). The summed E-state index contributed by atoms with van der Waals surface area (Å²) in [5.41, 5.74) is 0.626. The van der Waals surface area contributed by atoms with E-state index in [0.29, 0.717) is 36.4 Å². The second-order valence-corrected chi connectivity index (χ2v) is 5.18. The van der Waals surface area contributed by atoms with Gasteiger partial charge in [0.1, 0.15) is 5.69 Å². The second kappa shape index (κ2) is 6.94. The molecule has 7 heteroatoms. The third-order valence-corrected chi connectivity index (χ3v) is 2.70. The molecule has 0 fully saturated rings. The molecule has 1 N–H and O–H groups in total. The zero-order valence-corrected chi connectivity index (χ0v) is 12.1. The molecule has 0 radical (unpaired) electrons. The van der Waals surface area contributed by atoms with Crippen LogP contribution in [-0.2, 0) is 11.3 Å². The summed E-state index contributed by atoms with van der Waals surface area (Å²) in [6, 6.07) is 5.44. The molecule has 0 atom stereocenters. The normalized spacial score (nSPS) is 11.2. The summed E-state index contributed by atoms with van der Waals surface area (Å²) < 4.78 is 5.18. The van der Waals surface area contributed by atoms with E-state index in [0.717, 1.165) is 0 Å². The first-order valence-electron chi connectivity index (χ1n) is 6.72. The van der Waals surface area contributed by atoms with Gasteiger partial charge in [0.2, 0.25) is 11.7 Å². The van der Waals surface area contributed by atoms with Gasteiger partial charge in [0.15, 0.2) is 0 Å². The highest BCUT2D eigenvalue weighted by atomic mass is 16.5. The first kappa shape index (κ1) is 15.1. The summed E-state index contributed by atoms with van der Waals surface area (Å²) in [4.78, 5) is 21.1. The van der Waals surface area contributed by atoms with E-state index in [1.165, 1.54) is 0 Å². The number of aromatic nitrogens is 3. The monoisotopic (exact) mass is 290 g/mol. The number of hydrogen-bond acceptors (Lipinski definition) is 6. The lowest BCUT2D eigenvalue weighted by atomic mass is 10.2. The molecule has 0 bridgehead atoms. The number of pyridine rings is 1. The molecule has 0 unspecified atom stereocenters. The molecule has 112 valence electrons. The molecule has 0 spiro atoms. The van der Waals surface area contributed by atoms with E-state index in [-0.39, 0.29) is 6.54 Å². The minimum atomic E-state index is -0.875. The van der Waals surface area contributed by atoms with Crippen LogP contribution < -0.4 is 0 Å². The summed E-state index contributed by atoms with van der Waals surface area (Å²) in [5.74, 6) is 0.269. The van der Waals surface area contributed by atoms with Gasteiger partial charge in [0.25, 0.3) is 0 Å². The molecule has 2 aromatic rings. The molecule has 0 aliphatic rings. The van der Waals surface area contributed by atoms with Gasteiger partial charge in [-0.3, -0.25) is 14.7 Å². The van der Waals surface area contributed by atoms with Crippen LogP contribution in [0.4, 0.5) is 0 Å². The topological polar surface area (TPSA) is 92.4 Å². The summed E-state index contributed by atoms with van der Waals surface area (Å²) in [5, 5.41) is 12.8. The lowest BCUT2D eigenvalue weighted by Gasteiger charge is -2.20. The van der Waals surface area contributed by atoms with Gasteiger partial charge in [-0.25, -0.2) is 0 Å². The third kappa shape index (κ3) is 4.64. The predicted octanol–water partition coefficient (Wildman–Crippen LogP) is 1.67. The number of carboxylic acids is 1. The molecule has 0 amide bonds. The molecule has 0 aliphatic heterocycles. The van der Waals surface area contributed by atoms with E-state index in [2.05, 4.69) is 15.1 Å². The maximum absolute atomic E-state index is 10.9. The van der Waals surface area contributed by atoms with Crippen molar-refractivity contribution in [3.8, 4) is 11.5 Å². The molecule has 21 heavy (non-hydrogen) atoms. The van der Waals surface area contributed by atoms with Gasteiger partial charge >= 0.3 is 5.97 Å². The Morgan fingerprint density at radius 2 is 2.24 bits per heavy atom. The minimum Gasteiger partial charge on any atom is -0.480 e. The first-order valence-corrected chi connectivity index (χ1v) is 6.72. The first-order chi connectivity index (χ1) is 10.0. The molecule has 2 aromatic heterocycles. The third-order valence-electron chi connectivity index (χ3n) is 2.70. The van der Waals surface area contributed by atoms with E-state index in [4.69, 9.17) is 9.63 Å². The summed E-state index contributed by atoms with van der Waals surface area (Å²) in [6.45, 7) is 4.96. The van der Waals surface area contributed by atoms with Crippen LogP contribution in [0.15, 0.2) is 28.9 Å². The maximum Gasteiger partial charge on any atom is 0.317 e. The summed E-state index contributed by atoms with van der Waals surface area (Å²) >= 11 is 0. The summed E-state index contributed by atoms with van der Waals surface area (Å²) in [7, 11) is 0. The molecule has 0 saturated carbocycles. The van der Waals surface area contributed by atoms with Crippen molar-refractivity contribution in [1.82, 2.24) is 20.0 Å². The zero-order valence-electron chi connectivity index (χ0n) is 12.1. The Kier molecular flexibility index (Phi) is 4.99. The van der Waals surface area contributed by atoms with Crippen molar-refractivity contribution in [1.29, 1.82) is 0 Å². The Labute approximate surface area is 122 Å². The Morgan fingerprint density at radius 1 is 1.43 bits per heavy atom. The van der Waals surface area contributed by atoms with E-state index < -0.39 is 5.97 Å². The predicted molar refractivity (Wildman–Crippen MR) is 75.3 cm³/mol. The quantitative estimate of drug-likeness (QED) is 0.829. The number of rotatable bonds is 7. The molecular formula is C14H18N4O3. The summed E-state index contributed by atoms with van der Waals surface area (Å²) in [6.07, 6.45) is 1.65. The molecule has 0 aliphatic carbocycles. The number of carboxylic acid groups (broad SMARTS) is 1. The molecule has 0 saturated heterocycles. The maximum atomic E-state index is 10.9. The Morgan fingerprint density at radius 3 is 2.86 bits per heavy atom. The van der Waals surface area contributed by atoms with Crippen molar-refractivity contribution in [2.75, 3.05) is 13.1 Å². The van der Waals surface area contributed by atoms with E-state index >= 15 is 0 Å². The lowest BCUT2D eigenvalue weighted by molar-refractivity contribution is -0.138. The molecule has 2 heterocycles. The van der Waals surface area contributed by atoms with Crippen molar-refractivity contribution < 1.29 is 14.4 Å². The van der Waals surface area contributed by atoms with E-state index in [1.54, 1.807) is 17.2 Å². The zero-order chi connectivity index (χ0) is 15.2. The number of hydrogen-bond donors (Lipinski definition) is 1. The fourth-order valence-corrected chi connectivity index (χ4v) is 2.00. The second-order valence-electron chi connectivity index (χ2n) is 5.18. The van der Waals surface area contributed by atoms with Crippen molar-refractivity contribution in [3.63, 3.8) is 0 Å². The Balaban J connectivity index is 2.07. The van der Waals surface area contributed by atoms with Gasteiger partial charge in [-0.2, -0.15) is 4.98 Å². The minimum absolute atomic E-state index is 0.0561. The molecule has 0 aromatic carbocycles. The van der Waals surface area contributed by atoms with Gasteiger partial charge < -0.3 is 9.63 Å². The van der Waals surface area contributed by atoms with Gasteiger partial charge in [-0.05, 0) is 18.1 Å². The average Bonchev–Trinajstić information content (AvgIpc) is 2.86. The Bertz CT molecular complexity index is 583. The van der Waals surface area contributed by atoms with Crippen LogP contribution in [0.3, 0.4) is 0 Å². The number of aliphatic carboxylic acids is 1. The highest BCUT2D eigenvalue weighted by Gasteiger charge is 2.16. The van der Waals surface area contributed by atoms with Crippen LogP contribution in [0.25, 0.3) is 11.5 Å². The van der Waals surface area contributed by atoms with E-state index in [9.17, 15) is 4.79 Å². The van der Waals surface area contributed by atoms with Crippen LogP contribution in [0.1, 0.15) is 19.7 Å². The average molecular weight is 290 g/mol. The largest absolute Gasteiger partial charge is 0.480 e. The lowest BCUT2D eigenvalue weighted by Crippen LogP contribution is -2.32. The smallest absolute Gasteiger partial charge is 0.317 e. The van der Waals surface area contributed by atoms with Gasteiger partial charge in [-0.1, -0.05) is 25.1 Å². The fraction of sp³-hybridized carbons (Fsp3) is 0.429. The van der Waals surface area contributed by atoms with Gasteiger partial charge in [-0.15, -0.1) is 0 Å². The highest BCUT2D eigenvalue weighted by molar-refractivity contribution is 5.69. The number of carbonyl (C=O) groups is 1. The SMILES string of the molecule is CC(C)CN(CC(=O)O)Cc1nc(-c2ccccn2)no1. The van der Waals surface area contributed by atoms with Crippen LogP contribution in [0.5, 0.6) is 0 Å². The molecule has 2 rings (SSSR count). The number of nitrogens with zero attached hydrogens (tertiary/aromatic N) is 4. The van der Waals surface area contributed by atoms with Crippen molar-refractivity contribution in [3.05, 3.63) is 30.3 Å². The fourth-order valence-electron chi connectivity index (χ4n) is 2.00. The van der Waals surface area contributed by atoms with E-state index in [1.807, 2.05) is 26.0 Å². The molecule has 7 nitrogen and oxygen atoms in total. The van der Waals surface area contributed by atoms with Crippen LogP contribution >= 0.6 is 0 Å². The van der Waals surface area contributed by atoms with Crippen molar-refractivity contribution >= 4 is 5.97 Å². The molecular weight excluding hydrogens is 272 g/mol.